The minimum absolute atomic E-state index is 0.346. The van der Waals surface area contributed by atoms with Gasteiger partial charge in [0.05, 0.1) is 13.2 Å². The predicted molar refractivity (Wildman–Crippen MR) is 63.6 cm³/mol. The van der Waals surface area contributed by atoms with Crippen LogP contribution in [0.2, 0.25) is 0 Å². The predicted octanol–water partition coefficient (Wildman–Crippen LogP) is 1.96. The summed E-state index contributed by atoms with van der Waals surface area (Å²) in [6, 6.07) is 4.24. The molecule has 0 radical (unpaired) electrons. The maximum absolute atomic E-state index is 13.2. The third-order valence-electron chi connectivity index (χ3n) is 3.18. The highest BCUT2D eigenvalue weighted by molar-refractivity contribution is 5.35. The zero-order valence-electron chi connectivity index (χ0n) is 10.0. The smallest absolute Gasteiger partial charge is 0.124 e. The molecule has 1 atom stereocenters. The molecule has 1 aliphatic heterocycles. The van der Waals surface area contributed by atoms with Crippen LogP contribution in [-0.4, -0.2) is 36.8 Å². The summed E-state index contributed by atoms with van der Waals surface area (Å²) in [6.45, 7) is 2.56. The van der Waals surface area contributed by atoms with Crippen LogP contribution in [0.5, 0.6) is 5.75 Å². The van der Waals surface area contributed by atoms with Crippen LogP contribution < -0.4 is 4.74 Å². The Hall–Kier alpha value is -1.13. The van der Waals surface area contributed by atoms with Crippen molar-refractivity contribution in [2.24, 2.45) is 0 Å². The molecule has 0 spiro atoms. The molecule has 2 rings (SSSR count). The van der Waals surface area contributed by atoms with Gasteiger partial charge in [0.25, 0.3) is 0 Å². The summed E-state index contributed by atoms with van der Waals surface area (Å²) < 4.78 is 18.3. The lowest BCUT2D eigenvalue weighted by atomic mass is 10.1. The summed E-state index contributed by atoms with van der Waals surface area (Å²) in [5, 5.41) is 10.1. The van der Waals surface area contributed by atoms with Crippen LogP contribution in [0.25, 0.3) is 0 Å². The molecule has 0 aromatic heterocycles. The first-order valence-electron chi connectivity index (χ1n) is 5.94. The van der Waals surface area contributed by atoms with Crippen molar-refractivity contribution >= 4 is 0 Å². The summed E-state index contributed by atoms with van der Waals surface area (Å²) in [5.41, 5.74) is 0.527. The van der Waals surface area contributed by atoms with Gasteiger partial charge in [0.1, 0.15) is 11.6 Å². The fourth-order valence-electron chi connectivity index (χ4n) is 2.27. The van der Waals surface area contributed by atoms with Crippen LogP contribution in [0.4, 0.5) is 4.39 Å². The fraction of sp³-hybridized carbons (Fsp3) is 0.538. The van der Waals surface area contributed by atoms with Crippen LogP contribution in [0.3, 0.4) is 0 Å². The fourth-order valence-corrected chi connectivity index (χ4v) is 2.27. The monoisotopic (exact) mass is 239 g/mol. The molecule has 1 aromatic carbocycles. The van der Waals surface area contributed by atoms with Gasteiger partial charge in [-0.25, -0.2) is 4.39 Å². The molecule has 17 heavy (non-hydrogen) atoms. The van der Waals surface area contributed by atoms with Crippen molar-refractivity contribution in [1.82, 2.24) is 4.90 Å². The molecular formula is C13H18FNO2. The van der Waals surface area contributed by atoms with Gasteiger partial charge in [-0.1, -0.05) is 0 Å². The van der Waals surface area contributed by atoms with E-state index in [4.69, 9.17) is 4.74 Å². The van der Waals surface area contributed by atoms with Crippen molar-refractivity contribution in [3.05, 3.63) is 29.6 Å². The Morgan fingerprint density at radius 1 is 1.41 bits per heavy atom. The van der Waals surface area contributed by atoms with E-state index in [9.17, 15) is 9.50 Å². The van der Waals surface area contributed by atoms with Crippen LogP contribution in [0.1, 0.15) is 24.5 Å². The first kappa shape index (κ1) is 12.3. The molecule has 0 aliphatic carbocycles. The van der Waals surface area contributed by atoms with Gasteiger partial charge < -0.3 is 14.7 Å². The molecule has 0 saturated carbocycles. The molecule has 3 nitrogen and oxygen atoms in total. The highest BCUT2D eigenvalue weighted by Crippen LogP contribution is 2.27. The van der Waals surface area contributed by atoms with Crippen LogP contribution >= 0.6 is 0 Å². The number of rotatable bonds is 4. The molecule has 4 heteroatoms. The van der Waals surface area contributed by atoms with Gasteiger partial charge in [-0.2, -0.15) is 0 Å². The van der Waals surface area contributed by atoms with E-state index in [0.29, 0.717) is 17.9 Å². The van der Waals surface area contributed by atoms with Gasteiger partial charge >= 0.3 is 0 Å². The molecule has 1 aromatic rings. The Morgan fingerprint density at radius 2 is 2.12 bits per heavy atom. The van der Waals surface area contributed by atoms with Crippen molar-refractivity contribution in [1.29, 1.82) is 0 Å². The highest BCUT2D eigenvalue weighted by atomic mass is 19.1. The standard InChI is InChI=1S/C13H18FNO2/c1-17-13-5-4-10(14)8-11(13)12(16)9-15-6-2-3-7-15/h4-5,8,12,16H,2-3,6-7,9H2,1H3. The Morgan fingerprint density at radius 3 is 2.76 bits per heavy atom. The summed E-state index contributed by atoms with van der Waals surface area (Å²) in [7, 11) is 1.53. The maximum atomic E-state index is 13.2. The molecule has 0 bridgehead atoms. The zero-order chi connectivity index (χ0) is 12.3. The number of methoxy groups -OCH3 is 1. The van der Waals surface area contributed by atoms with Crippen molar-refractivity contribution in [2.45, 2.75) is 18.9 Å². The number of ether oxygens (including phenoxy) is 1. The van der Waals surface area contributed by atoms with Crippen molar-refractivity contribution in [2.75, 3.05) is 26.7 Å². The Labute approximate surface area is 101 Å². The topological polar surface area (TPSA) is 32.7 Å². The molecule has 0 amide bonds. The van der Waals surface area contributed by atoms with E-state index >= 15 is 0 Å². The largest absolute Gasteiger partial charge is 0.496 e. The average molecular weight is 239 g/mol. The van der Waals surface area contributed by atoms with E-state index in [1.807, 2.05) is 0 Å². The van der Waals surface area contributed by atoms with Gasteiger partial charge in [0.15, 0.2) is 0 Å². The molecule has 1 heterocycles. The van der Waals surface area contributed by atoms with E-state index in [1.54, 1.807) is 6.07 Å². The van der Waals surface area contributed by atoms with Crippen molar-refractivity contribution in [3.8, 4) is 5.75 Å². The maximum Gasteiger partial charge on any atom is 0.124 e. The van der Waals surface area contributed by atoms with E-state index in [2.05, 4.69) is 4.90 Å². The molecule has 94 valence electrons. The number of aliphatic hydroxyl groups excluding tert-OH is 1. The highest BCUT2D eigenvalue weighted by Gasteiger charge is 2.20. The van der Waals surface area contributed by atoms with E-state index < -0.39 is 6.10 Å². The van der Waals surface area contributed by atoms with Gasteiger partial charge in [0, 0.05) is 12.1 Å². The second-order valence-corrected chi connectivity index (χ2v) is 4.41. The number of β-amino-alcohol motifs (C(OH)–C–C–N with tert-alkyl or cyclic N) is 1. The molecular weight excluding hydrogens is 221 g/mol. The lowest BCUT2D eigenvalue weighted by Gasteiger charge is -2.21. The lowest BCUT2D eigenvalue weighted by Crippen LogP contribution is -2.25. The molecule has 1 aliphatic rings. The van der Waals surface area contributed by atoms with Gasteiger partial charge in [-0.05, 0) is 44.1 Å². The minimum atomic E-state index is -0.696. The summed E-state index contributed by atoms with van der Waals surface area (Å²) in [4.78, 5) is 2.19. The summed E-state index contributed by atoms with van der Waals surface area (Å²) >= 11 is 0. The Bertz CT molecular complexity index is 378. The van der Waals surface area contributed by atoms with Crippen molar-refractivity contribution < 1.29 is 14.2 Å². The third-order valence-corrected chi connectivity index (χ3v) is 3.18. The van der Waals surface area contributed by atoms with Gasteiger partial charge in [0.2, 0.25) is 0 Å². The molecule has 1 saturated heterocycles. The summed E-state index contributed by atoms with van der Waals surface area (Å²) in [6.07, 6.45) is 1.65. The number of hydrogen-bond acceptors (Lipinski definition) is 3. The molecule has 1 N–H and O–H groups in total. The quantitative estimate of drug-likeness (QED) is 0.872. The van der Waals surface area contributed by atoms with Gasteiger partial charge in [-0.3, -0.25) is 0 Å². The third kappa shape index (κ3) is 2.96. The zero-order valence-corrected chi connectivity index (χ0v) is 10.0. The Kier molecular flexibility index (Phi) is 3.97. The van der Waals surface area contributed by atoms with Crippen molar-refractivity contribution in [3.63, 3.8) is 0 Å². The number of likely N-dealkylation sites (tertiary alicyclic amines) is 1. The minimum Gasteiger partial charge on any atom is -0.496 e. The number of hydrogen-bond donors (Lipinski definition) is 1. The summed E-state index contributed by atoms with van der Waals surface area (Å²) in [5.74, 6) is 0.194. The van der Waals surface area contributed by atoms with E-state index in [-0.39, 0.29) is 5.82 Å². The SMILES string of the molecule is COc1ccc(F)cc1C(O)CN1CCCC1. The second kappa shape index (κ2) is 5.47. The number of halogens is 1. The lowest BCUT2D eigenvalue weighted by molar-refractivity contribution is 0.123. The normalized spacial score (nSPS) is 18.3. The van der Waals surface area contributed by atoms with Crippen LogP contribution in [-0.2, 0) is 0 Å². The Balaban J connectivity index is 2.11. The molecule has 1 fully saturated rings. The average Bonchev–Trinajstić information content (AvgIpc) is 2.81. The van der Waals surface area contributed by atoms with E-state index in [1.165, 1.54) is 32.1 Å². The van der Waals surface area contributed by atoms with Crippen LogP contribution in [0.15, 0.2) is 18.2 Å². The number of benzene rings is 1. The van der Waals surface area contributed by atoms with Crippen LogP contribution in [0, 0.1) is 5.82 Å². The number of aliphatic hydroxyl groups is 1. The first-order chi connectivity index (χ1) is 8.20. The van der Waals surface area contributed by atoms with E-state index in [0.717, 1.165) is 13.1 Å². The number of nitrogens with zero attached hydrogens (tertiary/aromatic N) is 1. The van der Waals surface area contributed by atoms with Gasteiger partial charge in [-0.15, -0.1) is 0 Å². The first-order valence-corrected chi connectivity index (χ1v) is 5.94. The molecule has 1 unspecified atom stereocenters. The second-order valence-electron chi connectivity index (χ2n) is 4.41.